The lowest BCUT2D eigenvalue weighted by Crippen LogP contribution is -2.55. The number of rotatable bonds is 16. The number of amides is 3. The van der Waals surface area contributed by atoms with Crippen LogP contribution in [0.5, 0.6) is 0 Å². The van der Waals surface area contributed by atoms with Gasteiger partial charge in [0.15, 0.2) is 0 Å². The van der Waals surface area contributed by atoms with Crippen molar-refractivity contribution in [2.24, 2.45) is 5.92 Å². The Bertz CT molecular complexity index is 1840. The van der Waals surface area contributed by atoms with Crippen molar-refractivity contribution in [1.82, 2.24) is 20.4 Å². The summed E-state index contributed by atoms with van der Waals surface area (Å²) in [5.74, 6) is -1.50. The molecule has 4 aromatic carbocycles. The first-order valence-electron chi connectivity index (χ1n) is 18.6. The Hall–Kier alpha value is -5.52. The van der Waals surface area contributed by atoms with Crippen LogP contribution in [0.4, 0.5) is 4.79 Å². The lowest BCUT2D eigenvalue weighted by atomic mass is 9.98. The number of ether oxygens (including phenoxy) is 3. The average molecular weight is 733 g/mol. The van der Waals surface area contributed by atoms with E-state index >= 15 is 0 Å². The maximum absolute atomic E-state index is 14.0. The molecule has 11 heteroatoms. The number of nitrogens with zero attached hydrogens (tertiary/aromatic N) is 2. The first-order chi connectivity index (χ1) is 26.3. The van der Waals surface area contributed by atoms with Gasteiger partial charge in [-0.2, -0.15) is 0 Å². The van der Waals surface area contributed by atoms with Gasteiger partial charge < -0.3 is 29.7 Å². The second-order valence-corrected chi connectivity index (χ2v) is 13.8. The zero-order valence-corrected chi connectivity index (χ0v) is 30.8. The molecule has 3 amide bonds. The maximum atomic E-state index is 14.0. The van der Waals surface area contributed by atoms with Crippen molar-refractivity contribution >= 4 is 23.9 Å². The van der Waals surface area contributed by atoms with E-state index in [1.54, 1.807) is 4.90 Å². The SMILES string of the molecule is CC[C@H](C)[C@H](NC(=O)[C@H](COCc1ccccc1)N1CCN(C(=O)CNC(=O)OCC2c3ccccc3-c3ccccc32)C1)C(=O)OCc1ccccc1. The Kier molecular flexibility index (Phi) is 13.1. The quantitative estimate of drug-likeness (QED) is 0.145. The molecular weight excluding hydrogens is 684 g/mol. The van der Waals surface area contributed by atoms with Gasteiger partial charge in [-0.15, -0.1) is 0 Å². The number of fused-ring (bicyclic) bond motifs is 3. The third-order valence-corrected chi connectivity index (χ3v) is 10.2. The van der Waals surface area contributed by atoms with Gasteiger partial charge in [0, 0.05) is 19.0 Å². The number of carbonyl (C=O) groups excluding carboxylic acids is 4. The summed E-state index contributed by atoms with van der Waals surface area (Å²) in [6.07, 6.45) is -0.0356. The standard InChI is InChI=1S/C43H48N4O7/c1-3-30(2)40(42(50)53-26-32-16-8-5-9-17-32)45-41(49)38(28-52-25-31-14-6-4-7-15-31)46-22-23-47(29-46)39(48)24-44-43(51)54-27-37-35-20-12-10-18-33(35)34-19-11-13-21-36(34)37/h4-21,30,37-38,40H,3,22-29H2,1-2H3,(H,44,51)(H,45,49)/t30-,38-,40-/m0/s1. The maximum Gasteiger partial charge on any atom is 0.407 e. The molecule has 1 fully saturated rings. The van der Waals surface area contributed by atoms with Crippen LogP contribution in [0.15, 0.2) is 109 Å². The molecule has 6 rings (SSSR count). The first kappa shape index (κ1) is 38.2. The molecule has 1 saturated heterocycles. The minimum absolute atomic E-state index is 0.0348. The summed E-state index contributed by atoms with van der Waals surface area (Å²) in [7, 11) is 0. The fourth-order valence-corrected chi connectivity index (χ4v) is 6.92. The average Bonchev–Trinajstić information content (AvgIpc) is 3.83. The topological polar surface area (TPSA) is 127 Å². The van der Waals surface area contributed by atoms with Gasteiger partial charge in [-0.1, -0.05) is 129 Å². The monoisotopic (exact) mass is 732 g/mol. The molecule has 2 aliphatic rings. The number of alkyl carbamates (subject to hydrolysis) is 1. The second kappa shape index (κ2) is 18.5. The summed E-state index contributed by atoms with van der Waals surface area (Å²) in [6, 6.07) is 33.5. The molecule has 3 atom stereocenters. The minimum Gasteiger partial charge on any atom is -0.459 e. The van der Waals surface area contributed by atoms with Crippen LogP contribution in [-0.2, 0) is 41.8 Å². The zero-order valence-electron chi connectivity index (χ0n) is 30.8. The van der Waals surface area contributed by atoms with Crippen LogP contribution in [0.2, 0.25) is 0 Å². The van der Waals surface area contributed by atoms with Crippen molar-refractivity contribution in [2.75, 3.05) is 39.5 Å². The van der Waals surface area contributed by atoms with Gasteiger partial charge in [-0.05, 0) is 39.3 Å². The molecule has 2 N–H and O–H groups in total. The molecule has 282 valence electrons. The van der Waals surface area contributed by atoms with Crippen LogP contribution in [-0.4, -0.2) is 85.3 Å². The lowest BCUT2D eigenvalue weighted by Gasteiger charge is -2.30. The third-order valence-electron chi connectivity index (χ3n) is 10.2. The molecule has 4 aromatic rings. The highest BCUT2D eigenvalue weighted by molar-refractivity contribution is 5.88. The molecule has 0 aromatic heterocycles. The molecule has 0 bridgehead atoms. The first-order valence-corrected chi connectivity index (χ1v) is 18.6. The van der Waals surface area contributed by atoms with Crippen molar-refractivity contribution in [2.45, 2.75) is 51.5 Å². The summed E-state index contributed by atoms with van der Waals surface area (Å²) in [4.78, 5) is 56.8. The number of hydrogen-bond donors (Lipinski definition) is 2. The van der Waals surface area contributed by atoms with E-state index in [-0.39, 0.29) is 50.8 Å². The molecule has 0 radical (unpaired) electrons. The summed E-state index contributed by atoms with van der Waals surface area (Å²) < 4.78 is 17.3. The number of esters is 1. The van der Waals surface area contributed by atoms with Gasteiger partial charge in [0.05, 0.1) is 19.9 Å². The molecule has 54 heavy (non-hydrogen) atoms. The Morgan fingerprint density at radius 3 is 1.98 bits per heavy atom. The Balaban J connectivity index is 1.04. The molecule has 1 heterocycles. The smallest absolute Gasteiger partial charge is 0.407 e. The fraction of sp³-hybridized carbons (Fsp3) is 0.349. The summed E-state index contributed by atoms with van der Waals surface area (Å²) in [5.41, 5.74) is 6.27. The molecule has 0 spiro atoms. The molecule has 0 unspecified atom stereocenters. The molecule has 0 saturated carbocycles. The minimum atomic E-state index is -0.871. The molecule has 1 aliphatic heterocycles. The molecule has 11 nitrogen and oxygen atoms in total. The van der Waals surface area contributed by atoms with Crippen molar-refractivity contribution in [3.63, 3.8) is 0 Å². The number of nitrogens with one attached hydrogen (secondary N) is 2. The third kappa shape index (κ3) is 9.52. The second-order valence-electron chi connectivity index (χ2n) is 13.8. The summed E-state index contributed by atoms with van der Waals surface area (Å²) >= 11 is 0. The number of hydrogen-bond acceptors (Lipinski definition) is 8. The predicted octanol–water partition coefficient (Wildman–Crippen LogP) is 5.49. The van der Waals surface area contributed by atoms with Gasteiger partial charge in [0.25, 0.3) is 0 Å². The van der Waals surface area contributed by atoms with Crippen molar-refractivity contribution in [1.29, 1.82) is 0 Å². The zero-order chi connectivity index (χ0) is 37.9. The number of benzene rings is 4. The van der Waals surface area contributed by atoms with E-state index in [0.29, 0.717) is 26.1 Å². The van der Waals surface area contributed by atoms with Crippen LogP contribution in [0.1, 0.15) is 48.4 Å². The van der Waals surface area contributed by atoms with Crippen LogP contribution in [0.25, 0.3) is 11.1 Å². The highest BCUT2D eigenvalue weighted by atomic mass is 16.5. The Morgan fingerprint density at radius 1 is 0.759 bits per heavy atom. The van der Waals surface area contributed by atoms with Crippen molar-refractivity contribution in [3.8, 4) is 11.1 Å². The van der Waals surface area contributed by atoms with Gasteiger partial charge in [0.1, 0.15) is 31.8 Å². The van der Waals surface area contributed by atoms with Crippen molar-refractivity contribution < 1.29 is 33.4 Å². The van der Waals surface area contributed by atoms with Gasteiger partial charge in [-0.3, -0.25) is 14.5 Å². The lowest BCUT2D eigenvalue weighted by molar-refractivity contribution is -0.151. The van der Waals surface area contributed by atoms with Crippen molar-refractivity contribution in [3.05, 3.63) is 131 Å². The highest BCUT2D eigenvalue weighted by Gasteiger charge is 2.37. The normalized spacial score (nSPS) is 15.4. The highest BCUT2D eigenvalue weighted by Crippen LogP contribution is 2.44. The van der Waals surface area contributed by atoms with Crippen LogP contribution in [0, 0.1) is 5.92 Å². The Labute approximate surface area is 316 Å². The summed E-state index contributed by atoms with van der Waals surface area (Å²) in [6.45, 7) is 5.05. The van der Waals surface area contributed by atoms with E-state index in [4.69, 9.17) is 14.2 Å². The van der Waals surface area contributed by atoms with E-state index in [1.165, 1.54) is 0 Å². The van der Waals surface area contributed by atoms with Gasteiger partial charge in [-0.25, -0.2) is 9.59 Å². The summed E-state index contributed by atoms with van der Waals surface area (Å²) in [5, 5.41) is 5.56. The van der Waals surface area contributed by atoms with Crippen LogP contribution in [0.3, 0.4) is 0 Å². The molecule has 1 aliphatic carbocycles. The van der Waals surface area contributed by atoms with Gasteiger partial charge >= 0.3 is 12.1 Å². The van der Waals surface area contributed by atoms with E-state index in [9.17, 15) is 19.2 Å². The Morgan fingerprint density at radius 2 is 1.35 bits per heavy atom. The van der Waals surface area contributed by atoms with Crippen LogP contribution >= 0.6 is 0 Å². The van der Waals surface area contributed by atoms with Crippen LogP contribution < -0.4 is 10.6 Å². The van der Waals surface area contributed by atoms with E-state index in [1.807, 2.05) is 116 Å². The fourth-order valence-electron chi connectivity index (χ4n) is 6.92. The van der Waals surface area contributed by atoms with E-state index in [2.05, 4.69) is 22.8 Å². The largest absolute Gasteiger partial charge is 0.459 e. The van der Waals surface area contributed by atoms with E-state index in [0.717, 1.165) is 33.4 Å². The van der Waals surface area contributed by atoms with E-state index < -0.39 is 30.1 Å². The predicted molar refractivity (Wildman–Crippen MR) is 204 cm³/mol. The molecular formula is C43H48N4O7. The van der Waals surface area contributed by atoms with Gasteiger partial charge in [0.2, 0.25) is 11.8 Å². The number of carbonyl (C=O) groups is 4.